The number of benzene rings is 6. The quantitative estimate of drug-likeness (QED) is 0.0956. The Kier molecular flexibility index (Phi) is 14.4. The first-order valence-electron chi connectivity index (χ1n) is 20.5. The first-order chi connectivity index (χ1) is 29.4. The molecule has 1 radical (unpaired) electrons. The molecule has 0 atom stereocenters. The second-order valence-corrected chi connectivity index (χ2v) is 15.2. The molecule has 0 saturated carbocycles. The van der Waals surface area contributed by atoms with Gasteiger partial charge in [-0.15, -0.1) is 71.8 Å². The number of hydrogen-bond donors (Lipinski definition) is 0. The Bertz CT molecular complexity index is 2740. The molecular weight excluding hydrogens is 921 g/mol. The van der Waals surface area contributed by atoms with E-state index in [1.807, 2.05) is 89.5 Å². The summed E-state index contributed by atoms with van der Waals surface area (Å²) in [7, 11) is 1.97. The first-order valence-corrected chi connectivity index (χ1v) is 20.5. The van der Waals surface area contributed by atoms with Crippen LogP contribution in [-0.2, 0) is 52.8 Å². The molecule has 0 fully saturated rings. The third-order valence-electron chi connectivity index (χ3n) is 10.7. The van der Waals surface area contributed by atoms with Crippen molar-refractivity contribution in [1.82, 2.24) is 14.5 Å². The predicted octanol–water partition coefficient (Wildman–Crippen LogP) is 11.8. The minimum absolute atomic E-state index is 0. The number of aryl methyl sites for hydroxylation is 7. The fourth-order valence-corrected chi connectivity index (χ4v) is 7.60. The van der Waals surface area contributed by atoms with E-state index in [1.165, 1.54) is 55.6 Å². The van der Waals surface area contributed by atoms with Gasteiger partial charge < -0.3 is 19.1 Å². The van der Waals surface area contributed by atoms with E-state index in [0.29, 0.717) is 0 Å². The Hall–Kier alpha value is -6.52. The second kappa shape index (κ2) is 20.6. The Morgan fingerprint density at radius 3 is 1.80 bits per heavy atom. The van der Waals surface area contributed by atoms with Crippen molar-refractivity contribution < 1.29 is 24.7 Å². The zero-order chi connectivity index (χ0) is 41.1. The molecule has 0 unspecified atom stereocenters. The van der Waals surface area contributed by atoms with E-state index in [-0.39, 0.29) is 20.1 Å². The summed E-state index contributed by atoms with van der Waals surface area (Å²) >= 11 is 0. The molecule has 0 aliphatic rings. The van der Waals surface area contributed by atoms with E-state index in [9.17, 15) is 0 Å². The molecule has 3 aromatic heterocycles. The number of pyridine rings is 2. The fraction of sp³-hybridized carbons (Fsp3) is 0.125. The Morgan fingerprint density at radius 2 is 1.20 bits per heavy atom. The monoisotopic (exact) mass is 968 g/mol. The molecule has 5 heteroatoms. The molecule has 0 saturated heterocycles. The van der Waals surface area contributed by atoms with Crippen LogP contribution in [0.4, 0.5) is 0 Å². The molecule has 303 valence electrons. The number of hydrogen-bond acceptors (Lipinski definition) is 2. The van der Waals surface area contributed by atoms with E-state index >= 15 is 0 Å². The summed E-state index contributed by atoms with van der Waals surface area (Å²) in [5, 5.41) is 0. The summed E-state index contributed by atoms with van der Waals surface area (Å²) in [5.41, 5.74) is 17.8. The molecule has 0 aliphatic carbocycles. The maximum absolute atomic E-state index is 4.63. The normalized spacial score (nSPS) is 10.7. The molecule has 9 rings (SSSR count). The third kappa shape index (κ3) is 11.2. The summed E-state index contributed by atoms with van der Waals surface area (Å²) in [5.74, 6) is 0. The van der Waals surface area contributed by atoms with Gasteiger partial charge >= 0.3 is 0 Å². The molecule has 0 N–H and O–H groups in total. The Labute approximate surface area is 374 Å². The summed E-state index contributed by atoms with van der Waals surface area (Å²) in [6.45, 7) is 4.37. The van der Waals surface area contributed by atoms with Crippen molar-refractivity contribution >= 4 is 0 Å². The molecule has 0 aliphatic heterocycles. The first kappa shape index (κ1) is 42.6. The van der Waals surface area contributed by atoms with Crippen molar-refractivity contribution in [2.24, 2.45) is 7.05 Å². The van der Waals surface area contributed by atoms with Crippen molar-refractivity contribution in [2.75, 3.05) is 0 Å². The van der Waals surface area contributed by atoms with Crippen LogP contribution in [0.15, 0.2) is 183 Å². The number of nitrogens with zero attached hydrogens (tertiary/aromatic N) is 4. The fourth-order valence-electron chi connectivity index (χ4n) is 7.60. The van der Waals surface area contributed by atoms with E-state index < -0.39 is 0 Å². The smallest absolute Gasteiger partial charge is 0.241 e. The van der Waals surface area contributed by atoms with Gasteiger partial charge in [0, 0.05) is 44.9 Å². The second-order valence-electron chi connectivity index (χ2n) is 15.2. The molecular formula is C56H47IrN4-3. The number of imidazole rings is 1. The van der Waals surface area contributed by atoms with Crippen molar-refractivity contribution in [2.45, 2.75) is 39.5 Å². The summed E-state index contributed by atoms with van der Waals surface area (Å²) in [6.07, 6.45) is 15.1. The van der Waals surface area contributed by atoms with E-state index in [2.05, 4.69) is 158 Å². The third-order valence-corrected chi connectivity index (χ3v) is 10.7. The van der Waals surface area contributed by atoms with Gasteiger partial charge in [-0.1, -0.05) is 97.0 Å². The topological polar surface area (TPSA) is 34.6 Å². The van der Waals surface area contributed by atoms with Gasteiger partial charge in [0.25, 0.3) is 0 Å². The standard InChI is InChI=1S/C31H27N3.C25H20N.Ir/c1-33-20-21-34(24-33)30-17-14-25(15-18-30)10-11-26-6-5-7-27(22-26)12-13-28-16-19-31(32-23-28)29-8-3-2-4-9-29;1-18-15-23(20-9-5-3-6-10-20)16-19(2)25(18)22-13-14-26-24(17-22)21-11-7-4-8-12-21;/h2-8,14-17,19-23H,10-13H2,1H3;3-11,13-17H,1-2H3;/q-2;-1;. The Morgan fingerprint density at radius 1 is 0.541 bits per heavy atom. The summed E-state index contributed by atoms with van der Waals surface area (Å²) in [6, 6.07) is 64.7. The van der Waals surface area contributed by atoms with Crippen molar-refractivity contribution in [3.05, 3.63) is 240 Å². The van der Waals surface area contributed by atoms with Crippen molar-refractivity contribution in [3.8, 4) is 50.5 Å². The predicted molar refractivity (Wildman–Crippen MR) is 243 cm³/mol. The van der Waals surface area contributed by atoms with Crippen LogP contribution in [0, 0.1) is 38.4 Å². The number of aromatic nitrogens is 4. The van der Waals surface area contributed by atoms with Gasteiger partial charge in [0.15, 0.2) is 0 Å². The molecule has 0 spiro atoms. The van der Waals surface area contributed by atoms with E-state index in [0.717, 1.165) is 53.9 Å². The molecule has 0 amide bonds. The van der Waals surface area contributed by atoms with Crippen LogP contribution in [0.25, 0.3) is 50.5 Å². The minimum atomic E-state index is 0. The van der Waals surface area contributed by atoms with Crippen LogP contribution in [0.1, 0.15) is 33.4 Å². The van der Waals surface area contributed by atoms with Gasteiger partial charge in [0.2, 0.25) is 6.33 Å². The van der Waals surface area contributed by atoms with Gasteiger partial charge in [-0.05, 0) is 101 Å². The molecule has 61 heavy (non-hydrogen) atoms. The molecule has 4 nitrogen and oxygen atoms in total. The van der Waals surface area contributed by atoms with Crippen molar-refractivity contribution in [3.63, 3.8) is 0 Å². The van der Waals surface area contributed by atoms with E-state index in [4.69, 9.17) is 0 Å². The van der Waals surface area contributed by atoms with Crippen molar-refractivity contribution in [1.29, 1.82) is 0 Å². The van der Waals surface area contributed by atoms with Crippen LogP contribution in [0.2, 0.25) is 0 Å². The molecule has 3 heterocycles. The summed E-state index contributed by atoms with van der Waals surface area (Å²) < 4.78 is 3.86. The van der Waals surface area contributed by atoms with Gasteiger partial charge in [-0.3, -0.25) is 0 Å². The van der Waals surface area contributed by atoms with Crippen LogP contribution in [0.3, 0.4) is 0 Å². The van der Waals surface area contributed by atoms with E-state index in [1.54, 1.807) is 0 Å². The average molecular weight is 968 g/mol. The van der Waals surface area contributed by atoms with Crippen LogP contribution >= 0.6 is 0 Å². The minimum Gasteiger partial charge on any atom is -0.348 e. The van der Waals surface area contributed by atoms with Crippen LogP contribution in [-0.4, -0.2) is 14.5 Å². The number of rotatable bonds is 11. The summed E-state index contributed by atoms with van der Waals surface area (Å²) in [4.78, 5) is 9.16. The van der Waals surface area contributed by atoms with Gasteiger partial charge in [0.1, 0.15) is 0 Å². The average Bonchev–Trinajstić information content (AvgIpc) is 3.75. The van der Waals surface area contributed by atoms with Gasteiger partial charge in [0.05, 0.1) is 7.05 Å². The zero-order valence-electron chi connectivity index (χ0n) is 34.8. The van der Waals surface area contributed by atoms with Crippen LogP contribution < -0.4 is 4.57 Å². The maximum atomic E-state index is 4.63. The molecule has 6 aromatic carbocycles. The molecule has 0 bridgehead atoms. The zero-order valence-corrected chi connectivity index (χ0v) is 37.2. The largest absolute Gasteiger partial charge is 0.348 e. The van der Waals surface area contributed by atoms with Gasteiger partial charge in [-0.25, -0.2) is 0 Å². The molecule has 9 aromatic rings. The Balaban J connectivity index is 0.000000187. The maximum Gasteiger partial charge on any atom is 0.241 e. The SMILES string of the molecule is C[n+]1[c-]n(-c2[c-]cc(CCc3cccc(CCc4ccc(-c5[c-]cccc5)nc4)c3)cc2)cc1.Cc1cc(-c2ccccc2)cc(C)c1-c1ccnc(-c2[c-]cccc2)c1.[Ir]. The van der Waals surface area contributed by atoms with Gasteiger partial charge in [-0.2, -0.15) is 29.8 Å². The van der Waals surface area contributed by atoms with Crippen LogP contribution in [0.5, 0.6) is 0 Å².